The quantitative estimate of drug-likeness (QED) is 0.817. The van der Waals surface area contributed by atoms with Gasteiger partial charge in [0.2, 0.25) is 0 Å². The van der Waals surface area contributed by atoms with Crippen molar-refractivity contribution in [1.82, 2.24) is 4.90 Å². The molecule has 1 aromatic carbocycles. The molecule has 0 aromatic heterocycles. The van der Waals surface area contributed by atoms with Gasteiger partial charge in [-0.05, 0) is 55.6 Å². The van der Waals surface area contributed by atoms with Crippen molar-refractivity contribution >= 4 is 5.97 Å². The fourth-order valence-electron chi connectivity index (χ4n) is 2.69. The van der Waals surface area contributed by atoms with E-state index in [-0.39, 0.29) is 0 Å². The molecule has 16 heavy (non-hydrogen) atoms. The zero-order valence-electron chi connectivity index (χ0n) is 9.15. The number of hydrogen-bond acceptors (Lipinski definition) is 2. The van der Waals surface area contributed by atoms with Crippen molar-refractivity contribution in [2.75, 3.05) is 13.1 Å². The van der Waals surface area contributed by atoms with Crippen molar-refractivity contribution in [3.8, 4) is 0 Å². The number of fused-ring (bicyclic) bond motifs is 1. The van der Waals surface area contributed by atoms with Gasteiger partial charge in [0, 0.05) is 6.04 Å². The first-order valence-corrected chi connectivity index (χ1v) is 5.83. The SMILES string of the molecule is O=C(O)c1ccc2c(c1)CC(N1CCC1)C2. The minimum Gasteiger partial charge on any atom is -0.478 e. The van der Waals surface area contributed by atoms with Crippen LogP contribution in [-0.2, 0) is 12.8 Å². The number of carbonyl (C=O) groups is 1. The Balaban J connectivity index is 1.83. The molecular formula is C13H15NO2. The summed E-state index contributed by atoms with van der Waals surface area (Å²) in [7, 11) is 0. The van der Waals surface area contributed by atoms with Gasteiger partial charge >= 0.3 is 5.97 Å². The Labute approximate surface area is 94.7 Å². The van der Waals surface area contributed by atoms with Gasteiger partial charge in [0.1, 0.15) is 0 Å². The molecular weight excluding hydrogens is 202 g/mol. The van der Waals surface area contributed by atoms with Crippen LogP contribution < -0.4 is 0 Å². The fraction of sp³-hybridized carbons (Fsp3) is 0.462. The summed E-state index contributed by atoms with van der Waals surface area (Å²) in [5.74, 6) is -0.824. The molecule has 84 valence electrons. The van der Waals surface area contributed by atoms with Crippen LogP contribution in [0.3, 0.4) is 0 Å². The molecule has 1 atom stereocenters. The van der Waals surface area contributed by atoms with Crippen LogP contribution in [0.25, 0.3) is 0 Å². The van der Waals surface area contributed by atoms with Crippen LogP contribution in [0.4, 0.5) is 0 Å². The van der Waals surface area contributed by atoms with Gasteiger partial charge in [0.15, 0.2) is 0 Å². The lowest BCUT2D eigenvalue weighted by atomic mass is 10.1. The number of hydrogen-bond donors (Lipinski definition) is 1. The summed E-state index contributed by atoms with van der Waals surface area (Å²) in [5, 5.41) is 8.94. The Bertz CT molecular complexity index is 438. The summed E-state index contributed by atoms with van der Waals surface area (Å²) in [6, 6.07) is 6.17. The summed E-state index contributed by atoms with van der Waals surface area (Å²) in [4.78, 5) is 13.4. The highest BCUT2D eigenvalue weighted by atomic mass is 16.4. The second-order valence-corrected chi connectivity index (χ2v) is 4.74. The normalized spacial score (nSPS) is 23.9. The van der Waals surface area contributed by atoms with Gasteiger partial charge in [-0.1, -0.05) is 6.07 Å². The standard InChI is InChI=1S/C13H15NO2/c15-13(16)10-3-2-9-7-12(8-11(9)6-10)14-4-1-5-14/h2-3,6,12H,1,4-5,7-8H2,(H,15,16). The van der Waals surface area contributed by atoms with Crippen LogP contribution in [-0.4, -0.2) is 35.1 Å². The summed E-state index contributed by atoms with van der Waals surface area (Å²) in [6.45, 7) is 2.43. The van der Waals surface area contributed by atoms with Gasteiger partial charge in [0.05, 0.1) is 5.56 Å². The molecule has 1 aliphatic carbocycles. The molecule has 2 aliphatic rings. The molecule has 3 rings (SSSR count). The van der Waals surface area contributed by atoms with Gasteiger partial charge in [-0.25, -0.2) is 4.79 Å². The molecule has 0 saturated carbocycles. The molecule has 0 amide bonds. The highest BCUT2D eigenvalue weighted by Crippen LogP contribution is 2.28. The van der Waals surface area contributed by atoms with Gasteiger partial charge in [-0.2, -0.15) is 0 Å². The van der Waals surface area contributed by atoms with Gasteiger partial charge in [-0.3, -0.25) is 4.90 Å². The van der Waals surface area contributed by atoms with E-state index in [9.17, 15) is 4.79 Å². The van der Waals surface area contributed by atoms with E-state index >= 15 is 0 Å². The largest absolute Gasteiger partial charge is 0.478 e. The molecule has 0 radical (unpaired) electrons. The fourth-order valence-corrected chi connectivity index (χ4v) is 2.69. The Kier molecular flexibility index (Phi) is 2.21. The van der Waals surface area contributed by atoms with Crippen LogP contribution >= 0.6 is 0 Å². The van der Waals surface area contributed by atoms with Crippen molar-refractivity contribution < 1.29 is 9.90 Å². The lowest BCUT2D eigenvalue weighted by molar-refractivity contribution is 0.0696. The van der Waals surface area contributed by atoms with E-state index in [1.165, 1.54) is 30.6 Å². The predicted molar refractivity (Wildman–Crippen MR) is 60.8 cm³/mol. The lowest BCUT2D eigenvalue weighted by Gasteiger charge is -2.36. The van der Waals surface area contributed by atoms with Crippen LogP contribution in [0.5, 0.6) is 0 Å². The van der Waals surface area contributed by atoms with Crippen LogP contribution in [0.15, 0.2) is 18.2 Å². The van der Waals surface area contributed by atoms with E-state index in [1.807, 2.05) is 12.1 Å². The molecule has 1 unspecified atom stereocenters. The molecule has 1 aromatic rings. The highest BCUT2D eigenvalue weighted by molar-refractivity contribution is 5.88. The molecule has 3 heteroatoms. The Hall–Kier alpha value is -1.35. The first-order chi connectivity index (χ1) is 7.74. The molecule has 0 spiro atoms. The van der Waals surface area contributed by atoms with Crippen molar-refractivity contribution in [2.24, 2.45) is 0 Å². The Morgan fingerprint density at radius 2 is 2.00 bits per heavy atom. The van der Waals surface area contributed by atoms with Crippen molar-refractivity contribution in [3.63, 3.8) is 0 Å². The number of rotatable bonds is 2. The van der Waals surface area contributed by atoms with Crippen LogP contribution in [0.2, 0.25) is 0 Å². The third-order valence-electron chi connectivity index (χ3n) is 3.77. The van der Waals surface area contributed by atoms with Crippen LogP contribution in [0.1, 0.15) is 27.9 Å². The van der Waals surface area contributed by atoms with E-state index in [0.717, 1.165) is 12.8 Å². The van der Waals surface area contributed by atoms with Gasteiger partial charge in [0.25, 0.3) is 0 Å². The zero-order chi connectivity index (χ0) is 11.1. The van der Waals surface area contributed by atoms with Crippen LogP contribution in [0, 0.1) is 0 Å². The minimum absolute atomic E-state index is 0.419. The van der Waals surface area contributed by atoms with E-state index < -0.39 is 5.97 Å². The van der Waals surface area contributed by atoms with E-state index in [2.05, 4.69) is 4.90 Å². The molecule has 1 saturated heterocycles. The smallest absolute Gasteiger partial charge is 0.335 e. The maximum absolute atomic E-state index is 10.9. The average molecular weight is 217 g/mol. The zero-order valence-corrected chi connectivity index (χ0v) is 9.15. The summed E-state index contributed by atoms with van der Waals surface area (Å²) < 4.78 is 0. The van der Waals surface area contributed by atoms with Crippen molar-refractivity contribution in [2.45, 2.75) is 25.3 Å². The molecule has 1 aliphatic heterocycles. The number of likely N-dealkylation sites (tertiary alicyclic amines) is 1. The second kappa shape index (κ2) is 3.59. The number of carboxylic acids is 1. The topological polar surface area (TPSA) is 40.5 Å². The van der Waals surface area contributed by atoms with Crippen molar-refractivity contribution in [1.29, 1.82) is 0 Å². The van der Waals surface area contributed by atoms with E-state index in [0.29, 0.717) is 11.6 Å². The molecule has 1 heterocycles. The number of nitrogens with zero attached hydrogens (tertiary/aromatic N) is 1. The molecule has 0 bridgehead atoms. The van der Waals surface area contributed by atoms with E-state index in [4.69, 9.17) is 5.11 Å². The maximum Gasteiger partial charge on any atom is 0.335 e. The monoisotopic (exact) mass is 217 g/mol. The Morgan fingerprint density at radius 1 is 1.25 bits per heavy atom. The lowest BCUT2D eigenvalue weighted by Crippen LogP contribution is -2.45. The Morgan fingerprint density at radius 3 is 2.62 bits per heavy atom. The summed E-state index contributed by atoms with van der Waals surface area (Å²) in [5.41, 5.74) is 2.99. The minimum atomic E-state index is -0.824. The predicted octanol–water partition coefficient (Wildman–Crippen LogP) is 1.56. The highest BCUT2D eigenvalue weighted by Gasteiger charge is 2.30. The number of aromatic carboxylic acids is 1. The third kappa shape index (κ3) is 1.52. The first kappa shape index (κ1) is 9.85. The van der Waals surface area contributed by atoms with Gasteiger partial charge < -0.3 is 5.11 Å². The molecule has 1 fully saturated rings. The molecule has 3 nitrogen and oxygen atoms in total. The second-order valence-electron chi connectivity index (χ2n) is 4.74. The third-order valence-corrected chi connectivity index (χ3v) is 3.77. The average Bonchev–Trinajstić information content (AvgIpc) is 2.56. The summed E-state index contributed by atoms with van der Waals surface area (Å²) in [6.07, 6.45) is 3.43. The van der Waals surface area contributed by atoms with Gasteiger partial charge in [-0.15, -0.1) is 0 Å². The van der Waals surface area contributed by atoms with E-state index in [1.54, 1.807) is 6.07 Å². The molecule has 1 N–H and O–H groups in total. The summed E-state index contributed by atoms with van der Waals surface area (Å²) >= 11 is 0. The first-order valence-electron chi connectivity index (χ1n) is 5.83. The number of benzene rings is 1. The number of carboxylic acid groups (broad SMARTS) is 1. The van der Waals surface area contributed by atoms with Crippen molar-refractivity contribution in [3.05, 3.63) is 34.9 Å². The maximum atomic E-state index is 10.9.